The minimum absolute atomic E-state index is 0.456. The van der Waals surface area contributed by atoms with E-state index >= 15 is 0 Å². The van der Waals surface area contributed by atoms with E-state index in [0.29, 0.717) is 12.2 Å². The Morgan fingerprint density at radius 2 is 2.44 bits per heavy atom. The van der Waals surface area contributed by atoms with E-state index in [4.69, 9.17) is 9.84 Å². The number of aliphatic hydroxyl groups is 1. The maximum Gasteiger partial charge on any atom is 0.0880 e. The summed E-state index contributed by atoms with van der Waals surface area (Å²) in [6.45, 7) is 0. The summed E-state index contributed by atoms with van der Waals surface area (Å²) in [6, 6.07) is 0. The van der Waals surface area contributed by atoms with Crippen molar-refractivity contribution in [2.45, 2.75) is 31.5 Å². The molecule has 2 rings (SSSR count). The van der Waals surface area contributed by atoms with Gasteiger partial charge >= 0.3 is 0 Å². The molecule has 0 bridgehead atoms. The fourth-order valence-corrected chi connectivity index (χ4v) is 1.42. The van der Waals surface area contributed by atoms with Crippen LogP contribution in [0.3, 0.4) is 0 Å². The second-order valence-corrected chi connectivity index (χ2v) is 2.74. The maximum atomic E-state index is 8.61. The molecule has 0 spiro atoms. The lowest BCUT2D eigenvalue weighted by atomic mass is 9.96. The molecule has 2 fully saturated rings. The van der Waals surface area contributed by atoms with Crippen LogP contribution in [0.1, 0.15) is 19.3 Å². The Balaban J connectivity index is 2.01. The van der Waals surface area contributed by atoms with E-state index in [9.17, 15) is 0 Å². The lowest BCUT2D eigenvalue weighted by Crippen LogP contribution is -2.04. The second-order valence-electron chi connectivity index (χ2n) is 2.74. The predicted octanol–water partition coefficient (Wildman–Crippen LogP) is 1.38. The molecule has 0 aromatic carbocycles. The van der Waals surface area contributed by atoms with Crippen molar-refractivity contribution in [2.24, 2.45) is 0 Å². The van der Waals surface area contributed by atoms with Gasteiger partial charge in [-0.1, -0.05) is 0 Å². The zero-order valence-electron chi connectivity index (χ0n) is 5.21. The highest BCUT2D eigenvalue weighted by atomic mass is 16.6. The molecule has 1 saturated carbocycles. The molecule has 1 heterocycles. The average molecular weight is 126 g/mol. The van der Waals surface area contributed by atoms with Crippen LogP contribution in [0.4, 0.5) is 0 Å². The van der Waals surface area contributed by atoms with Crippen molar-refractivity contribution in [1.82, 2.24) is 0 Å². The molecular formula is C7H10O2. The fourth-order valence-electron chi connectivity index (χ4n) is 1.42. The quantitative estimate of drug-likeness (QED) is 0.393. The van der Waals surface area contributed by atoms with E-state index < -0.39 is 0 Å². The SMILES string of the molecule is O/C=C1/CCC2OC2C1. The van der Waals surface area contributed by atoms with Crippen molar-refractivity contribution < 1.29 is 9.84 Å². The summed E-state index contributed by atoms with van der Waals surface area (Å²) in [5.41, 5.74) is 1.15. The third-order valence-corrected chi connectivity index (χ3v) is 2.08. The molecule has 50 valence electrons. The van der Waals surface area contributed by atoms with Crippen LogP contribution in [-0.4, -0.2) is 17.3 Å². The summed E-state index contributed by atoms with van der Waals surface area (Å²) >= 11 is 0. The molecule has 0 amide bonds. The van der Waals surface area contributed by atoms with E-state index in [1.54, 1.807) is 0 Å². The first-order valence-corrected chi connectivity index (χ1v) is 3.38. The van der Waals surface area contributed by atoms with Gasteiger partial charge in [-0.05, 0) is 18.4 Å². The van der Waals surface area contributed by atoms with Crippen LogP contribution in [0, 0.1) is 0 Å². The summed E-state index contributed by atoms with van der Waals surface area (Å²) in [5.74, 6) is 0. The second kappa shape index (κ2) is 1.74. The monoisotopic (exact) mass is 126 g/mol. The number of aliphatic hydroxyl groups excluding tert-OH is 1. The number of ether oxygens (including phenoxy) is 1. The number of hydrogen-bond donors (Lipinski definition) is 1. The van der Waals surface area contributed by atoms with Gasteiger partial charge in [0.1, 0.15) is 0 Å². The van der Waals surface area contributed by atoms with Gasteiger partial charge in [0.2, 0.25) is 0 Å². The summed E-state index contributed by atoms with van der Waals surface area (Å²) in [4.78, 5) is 0. The molecule has 2 aliphatic rings. The van der Waals surface area contributed by atoms with E-state index in [1.807, 2.05) is 0 Å². The topological polar surface area (TPSA) is 32.8 Å². The van der Waals surface area contributed by atoms with Gasteiger partial charge in [-0.15, -0.1) is 0 Å². The van der Waals surface area contributed by atoms with Gasteiger partial charge in [0, 0.05) is 6.42 Å². The number of epoxide rings is 1. The van der Waals surface area contributed by atoms with Crippen LogP contribution in [0.5, 0.6) is 0 Å². The number of fused-ring (bicyclic) bond motifs is 1. The minimum Gasteiger partial charge on any atom is -0.516 e. The molecule has 1 saturated heterocycles. The van der Waals surface area contributed by atoms with Gasteiger partial charge in [0.15, 0.2) is 0 Å². The zero-order valence-corrected chi connectivity index (χ0v) is 5.21. The zero-order chi connectivity index (χ0) is 6.27. The fraction of sp³-hybridized carbons (Fsp3) is 0.714. The van der Waals surface area contributed by atoms with Gasteiger partial charge < -0.3 is 9.84 Å². The highest BCUT2D eigenvalue weighted by Gasteiger charge is 2.41. The molecule has 2 atom stereocenters. The highest BCUT2D eigenvalue weighted by molar-refractivity contribution is 5.09. The van der Waals surface area contributed by atoms with E-state index in [-0.39, 0.29) is 0 Å². The third-order valence-electron chi connectivity index (χ3n) is 2.08. The van der Waals surface area contributed by atoms with E-state index in [0.717, 1.165) is 24.8 Å². The number of hydrogen-bond acceptors (Lipinski definition) is 2. The first kappa shape index (κ1) is 5.30. The summed E-state index contributed by atoms with van der Waals surface area (Å²) in [6.07, 6.45) is 5.32. The van der Waals surface area contributed by atoms with Crippen LogP contribution < -0.4 is 0 Å². The van der Waals surface area contributed by atoms with Crippen molar-refractivity contribution >= 4 is 0 Å². The van der Waals surface area contributed by atoms with Gasteiger partial charge in [-0.3, -0.25) is 0 Å². The summed E-state index contributed by atoms with van der Waals surface area (Å²) in [5, 5.41) is 8.61. The van der Waals surface area contributed by atoms with Crippen LogP contribution in [-0.2, 0) is 4.74 Å². The molecule has 2 heteroatoms. The Morgan fingerprint density at radius 1 is 1.56 bits per heavy atom. The minimum atomic E-state index is 0.456. The average Bonchev–Trinajstić information content (AvgIpc) is 2.64. The predicted molar refractivity (Wildman–Crippen MR) is 33.2 cm³/mol. The summed E-state index contributed by atoms with van der Waals surface area (Å²) in [7, 11) is 0. The molecule has 1 N–H and O–H groups in total. The van der Waals surface area contributed by atoms with Crippen molar-refractivity contribution in [2.75, 3.05) is 0 Å². The van der Waals surface area contributed by atoms with Gasteiger partial charge in [-0.25, -0.2) is 0 Å². The molecular weight excluding hydrogens is 116 g/mol. The molecule has 2 unspecified atom stereocenters. The molecule has 0 radical (unpaired) electrons. The van der Waals surface area contributed by atoms with E-state index in [2.05, 4.69) is 0 Å². The Kier molecular flexibility index (Phi) is 1.02. The Bertz CT molecular complexity index is 151. The number of rotatable bonds is 0. The van der Waals surface area contributed by atoms with Crippen LogP contribution in [0.2, 0.25) is 0 Å². The van der Waals surface area contributed by atoms with Gasteiger partial charge in [0.05, 0.1) is 18.5 Å². The van der Waals surface area contributed by atoms with Crippen LogP contribution in [0.25, 0.3) is 0 Å². The summed E-state index contributed by atoms with van der Waals surface area (Å²) < 4.78 is 5.26. The Labute approximate surface area is 54.1 Å². The van der Waals surface area contributed by atoms with E-state index in [1.165, 1.54) is 6.26 Å². The van der Waals surface area contributed by atoms with Crippen molar-refractivity contribution in [3.8, 4) is 0 Å². The lowest BCUT2D eigenvalue weighted by Gasteiger charge is -2.06. The Hall–Kier alpha value is -0.500. The maximum absolute atomic E-state index is 8.61. The van der Waals surface area contributed by atoms with Crippen molar-refractivity contribution in [3.63, 3.8) is 0 Å². The van der Waals surface area contributed by atoms with Crippen LogP contribution in [0.15, 0.2) is 11.8 Å². The third kappa shape index (κ3) is 0.833. The molecule has 1 aliphatic heterocycles. The lowest BCUT2D eigenvalue weighted by molar-refractivity contribution is 0.374. The first-order valence-electron chi connectivity index (χ1n) is 3.38. The Morgan fingerprint density at radius 3 is 3.11 bits per heavy atom. The van der Waals surface area contributed by atoms with Gasteiger partial charge in [-0.2, -0.15) is 0 Å². The smallest absolute Gasteiger partial charge is 0.0880 e. The largest absolute Gasteiger partial charge is 0.516 e. The molecule has 0 aromatic rings. The highest BCUT2D eigenvalue weighted by Crippen LogP contribution is 2.38. The normalized spacial score (nSPS) is 44.7. The molecule has 2 nitrogen and oxygen atoms in total. The molecule has 9 heavy (non-hydrogen) atoms. The van der Waals surface area contributed by atoms with Gasteiger partial charge in [0.25, 0.3) is 0 Å². The molecule has 1 aliphatic carbocycles. The van der Waals surface area contributed by atoms with Crippen molar-refractivity contribution in [3.05, 3.63) is 11.8 Å². The van der Waals surface area contributed by atoms with Crippen molar-refractivity contribution in [1.29, 1.82) is 0 Å². The molecule has 0 aromatic heterocycles. The first-order chi connectivity index (χ1) is 4.40. The van der Waals surface area contributed by atoms with Crippen LogP contribution >= 0.6 is 0 Å². The standard InChI is InChI=1S/C7H10O2/c8-4-5-1-2-6-7(3-5)9-6/h4,6-8H,1-3H2/b5-4-.